The summed E-state index contributed by atoms with van der Waals surface area (Å²) in [6.45, 7) is 7.67. The number of hydrogen-bond donors (Lipinski definition) is 0. The zero-order valence-electron chi connectivity index (χ0n) is 24.9. The predicted octanol–water partition coefficient (Wildman–Crippen LogP) is 11.8. The highest BCUT2D eigenvalue weighted by Crippen LogP contribution is 2.40. The second-order valence-corrected chi connectivity index (χ2v) is 11.7. The number of fused-ring (bicyclic) bond motifs is 6. The fourth-order valence-electron chi connectivity index (χ4n) is 7.11. The lowest BCUT2D eigenvalue weighted by Crippen LogP contribution is -1.99. The van der Waals surface area contributed by atoms with E-state index in [9.17, 15) is 0 Å². The van der Waals surface area contributed by atoms with E-state index in [0.717, 1.165) is 44.7 Å². The first-order chi connectivity index (χ1) is 22.8. The summed E-state index contributed by atoms with van der Waals surface area (Å²) in [5, 5.41) is 4.93. The first-order valence-corrected chi connectivity index (χ1v) is 15.5. The van der Waals surface area contributed by atoms with Crippen molar-refractivity contribution >= 4 is 49.3 Å². The second kappa shape index (κ2) is 10.4. The Morgan fingerprint density at radius 2 is 0.891 bits per heavy atom. The summed E-state index contributed by atoms with van der Waals surface area (Å²) in [4.78, 5) is 3.74. The van der Waals surface area contributed by atoms with E-state index in [1.165, 1.54) is 32.6 Å². The van der Waals surface area contributed by atoms with Crippen molar-refractivity contribution in [1.29, 1.82) is 0 Å². The Hall–Kier alpha value is -6.37. The van der Waals surface area contributed by atoms with E-state index in [-0.39, 0.29) is 0 Å². The minimum Gasteiger partial charge on any atom is -0.309 e. The van der Waals surface area contributed by atoms with E-state index < -0.39 is 0 Å². The van der Waals surface area contributed by atoms with Gasteiger partial charge in [-0.15, -0.1) is 0 Å². The molecule has 9 aromatic rings. The van der Waals surface area contributed by atoms with Gasteiger partial charge in [0.05, 0.1) is 34.3 Å². The summed E-state index contributed by atoms with van der Waals surface area (Å²) in [5.41, 5.74) is 11.9. The first kappa shape index (κ1) is 26.1. The van der Waals surface area contributed by atoms with Crippen molar-refractivity contribution in [2.75, 3.05) is 0 Å². The van der Waals surface area contributed by atoms with Gasteiger partial charge in [0.15, 0.2) is 5.69 Å². The van der Waals surface area contributed by atoms with Gasteiger partial charge in [0.1, 0.15) is 0 Å². The molecule has 0 amide bonds. The molecule has 0 aliphatic heterocycles. The monoisotopic (exact) mass is 585 g/mol. The van der Waals surface area contributed by atoms with Crippen LogP contribution < -0.4 is 0 Å². The average molecular weight is 586 g/mol. The fourth-order valence-corrected chi connectivity index (χ4v) is 7.11. The van der Waals surface area contributed by atoms with E-state index in [0.29, 0.717) is 5.69 Å². The molecule has 0 aliphatic carbocycles. The van der Waals surface area contributed by atoms with Crippen LogP contribution in [0.5, 0.6) is 0 Å². The van der Waals surface area contributed by atoms with Crippen molar-refractivity contribution < 1.29 is 0 Å². The smallest absolute Gasteiger partial charge is 0.187 e. The zero-order valence-corrected chi connectivity index (χ0v) is 24.9. The molecule has 0 saturated heterocycles. The maximum Gasteiger partial charge on any atom is 0.187 e. The van der Waals surface area contributed by atoms with Crippen LogP contribution in [-0.4, -0.2) is 9.13 Å². The Kier molecular flexibility index (Phi) is 5.88. The quantitative estimate of drug-likeness (QED) is 0.182. The lowest BCUT2D eigenvalue weighted by atomic mass is 9.96. The summed E-state index contributed by atoms with van der Waals surface area (Å²) >= 11 is 0. The normalized spacial score (nSPS) is 11.5. The van der Waals surface area contributed by atoms with Crippen molar-refractivity contribution in [2.45, 2.75) is 0 Å². The van der Waals surface area contributed by atoms with E-state index in [1.807, 2.05) is 18.2 Å². The van der Waals surface area contributed by atoms with E-state index in [4.69, 9.17) is 6.57 Å². The minimum atomic E-state index is 0.631. The van der Waals surface area contributed by atoms with Crippen LogP contribution in [-0.2, 0) is 0 Å². The van der Waals surface area contributed by atoms with Gasteiger partial charge in [-0.05, 0) is 71.3 Å². The molecule has 0 atom stereocenters. The highest BCUT2D eigenvalue weighted by molar-refractivity contribution is 6.10. The van der Waals surface area contributed by atoms with Gasteiger partial charge in [0.25, 0.3) is 0 Å². The molecule has 2 heterocycles. The molecule has 7 aromatic carbocycles. The Morgan fingerprint density at radius 1 is 0.391 bits per heavy atom. The van der Waals surface area contributed by atoms with Crippen molar-refractivity contribution in [2.24, 2.45) is 0 Å². The third kappa shape index (κ3) is 3.98. The fraction of sp³-hybridized carbons (Fsp3) is 0. The SMILES string of the molecule is [C-]#[N+]c1cccc(-c2cc(-c3ccccc3-n3c4ccccc4c4ccccc43)cc(-n3c4ccccc4c4ccccc43)c2)c1. The van der Waals surface area contributed by atoms with Crippen LogP contribution in [0.2, 0.25) is 0 Å². The lowest BCUT2D eigenvalue weighted by Gasteiger charge is -2.17. The van der Waals surface area contributed by atoms with E-state index in [2.05, 4.69) is 160 Å². The van der Waals surface area contributed by atoms with Crippen LogP contribution in [0.1, 0.15) is 0 Å². The summed E-state index contributed by atoms with van der Waals surface area (Å²) in [6.07, 6.45) is 0. The first-order valence-electron chi connectivity index (χ1n) is 15.5. The van der Waals surface area contributed by atoms with Gasteiger partial charge in [0.2, 0.25) is 0 Å². The van der Waals surface area contributed by atoms with Crippen LogP contribution in [0.3, 0.4) is 0 Å². The van der Waals surface area contributed by atoms with E-state index >= 15 is 0 Å². The maximum absolute atomic E-state index is 7.67. The summed E-state index contributed by atoms with van der Waals surface area (Å²) in [6, 6.07) is 58.0. The molecule has 3 nitrogen and oxygen atoms in total. The molecule has 0 spiro atoms. The highest BCUT2D eigenvalue weighted by Gasteiger charge is 2.18. The average Bonchev–Trinajstić information content (AvgIpc) is 3.65. The number of benzene rings is 7. The molecule has 46 heavy (non-hydrogen) atoms. The van der Waals surface area contributed by atoms with E-state index in [1.54, 1.807) is 0 Å². The second-order valence-electron chi connectivity index (χ2n) is 11.7. The van der Waals surface area contributed by atoms with Gasteiger partial charge in [-0.1, -0.05) is 109 Å². The summed E-state index contributed by atoms with van der Waals surface area (Å²) < 4.78 is 4.77. The van der Waals surface area contributed by atoms with Crippen LogP contribution in [0.4, 0.5) is 5.69 Å². The largest absolute Gasteiger partial charge is 0.309 e. The molecule has 214 valence electrons. The number of hydrogen-bond acceptors (Lipinski definition) is 0. The predicted molar refractivity (Wildman–Crippen MR) is 192 cm³/mol. The molecule has 0 fully saturated rings. The Morgan fingerprint density at radius 3 is 1.48 bits per heavy atom. The van der Waals surface area contributed by atoms with Crippen molar-refractivity contribution in [3.63, 3.8) is 0 Å². The molecule has 0 unspecified atom stereocenters. The topological polar surface area (TPSA) is 14.2 Å². The Balaban J connectivity index is 1.37. The van der Waals surface area contributed by atoms with Crippen LogP contribution in [0.25, 0.3) is 82.1 Å². The standard InChI is InChI=1S/C43H27N3/c1-44-32-14-12-13-29(26-32)30-25-31(28-33(27-30)45-40-21-8-3-16-35(40)36-17-4-9-22-41(36)45)34-15-2-7-20-39(34)46-42-23-10-5-18-37(42)38-19-6-11-24-43(38)46/h2-28H. The number of nitrogens with zero attached hydrogens (tertiary/aromatic N) is 3. The zero-order chi connectivity index (χ0) is 30.6. The number of rotatable bonds is 4. The minimum absolute atomic E-state index is 0.631. The Labute approximate surface area is 266 Å². The molecular weight excluding hydrogens is 558 g/mol. The summed E-state index contributed by atoms with van der Waals surface area (Å²) in [7, 11) is 0. The number of aromatic nitrogens is 2. The molecule has 3 heteroatoms. The van der Waals surface area contributed by atoms with Crippen LogP contribution in [0.15, 0.2) is 164 Å². The van der Waals surface area contributed by atoms with Crippen molar-refractivity contribution in [1.82, 2.24) is 9.13 Å². The Bertz CT molecular complexity index is 2560. The third-order valence-corrected chi connectivity index (χ3v) is 9.10. The summed E-state index contributed by atoms with van der Waals surface area (Å²) in [5.74, 6) is 0. The van der Waals surface area contributed by atoms with Crippen LogP contribution >= 0.6 is 0 Å². The van der Waals surface area contributed by atoms with Gasteiger partial charge in [-0.2, -0.15) is 0 Å². The molecule has 0 saturated carbocycles. The van der Waals surface area contributed by atoms with Crippen LogP contribution in [0, 0.1) is 6.57 Å². The molecule has 0 bridgehead atoms. The maximum atomic E-state index is 7.67. The van der Waals surface area contributed by atoms with Crippen molar-refractivity contribution in [3.8, 4) is 33.6 Å². The lowest BCUT2D eigenvalue weighted by molar-refractivity contribution is 1.17. The van der Waals surface area contributed by atoms with Gasteiger partial charge in [-0.25, -0.2) is 4.85 Å². The molecule has 0 aliphatic rings. The highest BCUT2D eigenvalue weighted by atomic mass is 15.0. The molecular formula is C43H27N3. The molecule has 0 N–H and O–H groups in total. The van der Waals surface area contributed by atoms with Gasteiger partial charge < -0.3 is 9.13 Å². The number of para-hydroxylation sites is 5. The molecule has 9 rings (SSSR count). The van der Waals surface area contributed by atoms with Crippen molar-refractivity contribution in [3.05, 3.63) is 175 Å². The van der Waals surface area contributed by atoms with Gasteiger partial charge >= 0.3 is 0 Å². The van der Waals surface area contributed by atoms with Gasteiger partial charge in [0, 0.05) is 32.8 Å². The molecule has 2 aromatic heterocycles. The van der Waals surface area contributed by atoms with Gasteiger partial charge in [-0.3, -0.25) is 0 Å². The molecule has 0 radical (unpaired) electrons. The third-order valence-electron chi connectivity index (χ3n) is 9.10.